The van der Waals surface area contributed by atoms with Crippen LogP contribution in [0.1, 0.15) is 38.3 Å². The van der Waals surface area contributed by atoms with Crippen molar-refractivity contribution in [3.8, 4) is 11.5 Å². The number of benzene rings is 1. The Morgan fingerprint density at radius 2 is 1.85 bits per heavy atom. The maximum absolute atomic E-state index is 12.5. The second-order valence-corrected chi connectivity index (χ2v) is 7.00. The molecular weight excluding hydrogens is 350 g/mol. The number of hydrogen-bond donors (Lipinski definition) is 0. The van der Waals surface area contributed by atoms with Crippen LogP contribution in [0.4, 0.5) is 4.79 Å². The predicted octanol–water partition coefficient (Wildman–Crippen LogP) is 2.00. The van der Waals surface area contributed by atoms with E-state index in [1.165, 1.54) is 0 Å². The molecule has 0 saturated carbocycles. The molecule has 27 heavy (non-hydrogen) atoms. The van der Waals surface area contributed by atoms with Crippen LogP contribution in [-0.2, 0) is 9.59 Å². The molecular formula is C19H25N3O5. The molecule has 0 bridgehead atoms. The van der Waals surface area contributed by atoms with Crippen LogP contribution >= 0.6 is 0 Å². The van der Waals surface area contributed by atoms with Crippen molar-refractivity contribution < 1.29 is 23.9 Å². The first-order chi connectivity index (χ1) is 12.9. The van der Waals surface area contributed by atoms with E-state index in [1.54, 1.807) is 28.1 Å². The number of carbonyl (C=O) groups is 3. The van der Waals surface area contributed by atoms with Gasteiger partial charge in [0.25, 0.3) is 0 Å². The first kappa shape index (κ1) is 19.2. The van der Waals surface area contributed by atoms with Gasteiger partial charge >= 0.3 is 17.8 Å². The highest BCUT2D eigenvalue weighted by Gasteiger charge is 2.47. The summed E-state index contributed by atoms with van der Waals surface area (Å²) in [6, 6.07) is 4.73. The van der Waals surface area contributed by atoms with Gasteiger partial charge in [-0.05, 0) is 32.8 Å². The third-order valence-electron chi connectivity index (χ3n) is 5.09. The molecule has 1 aromatic carbocycles. The Morgan fingerprint density at radius 1 is 1.11 bits per heavy atom. The first-order valence-electron chi connectivity index (χ1n) is 9.04. The summed E-state index contributed by atoms with van der Waals surface area (Å²) in [5.41, 5.74) is 0.974. The van der Waals surface area contributed by atoms with Crippen LogP contribution in [0.3, 0.4) is 0 Å². The summed E-state index contributed by atoms with van der Waals surface area (Å²) in [7, 11) is 3.20. The fraction of sp³-hybridized carbons (Fsp3) is 0.526. The molecule has 1 atom stereocenters. The lowest BCUT2D eigenvalue weighted by molar-refractivity contribution is -0.144. The zero-order valence-electron chi connectivity index (χ0n) is 16.1. The minimum atomic E-state index is -0.763. The third kappa shape index (κ3) is 3.37. The molecule has 3 rings (SSSR count). The normalized spacial score (nSPS) is 20.9. The number of rotatable bonds is 6. The fourth-order valence-electron chi connectivity index (χ4n) is 3.73. The smallest absolute Gasteiger partial charge is 0.335 e. The summed E-state index contributed by atoms with van der Waals surface area (Å²) >= 11 is 0. The Labute approximate surface area is 158 Å². The number of carbonyl (C=O) groups excluding carboxylic acids is 3. The van der Waals surface area contributed by atoms with Crippen molar-refractivity contribution >= 4 is 17.8 Å². The number of imide groups is 2. The highest BCUT2D eigenvalue weighted by molar-refractivity contribution is 6.44. The number of ether oxygens (including phenoxy) is 2. The number of urea groups is 1. The summed E-state index contributed by atoms with van der Waals surface area (Å²) in [6.45, 7) is 4.25. The van der Waals surface area contributed by atoms with Gasteiger partial charge < -0.3 is 9.47 Å². The molecule has 2 heterocycles. The van der Waals surface area contributed by atoms with Crippen molar-refractivity contribution in [3.05, 3.63) is 23.8 Å². The summed E-state index contributed by atoms with van der Waals surface area (Å²) in [4.78, 5) is 41.1. The highest BCUT2D eigenvalue weighted by Crippen LogP contribution is 2.39. The first-order valence-corrected chi connectivity index (χ1v) is 9.04. The average Bonchev–Trinajstić information content (AvgIpc) is 3.19. The number of likely N-dealkylation sites (tertiary alicyclic amines) is 1. The highest BCUT2D eigenvalue weighted by atomic mass is 16.5. The lowest BCUT2D eigenvalue weighted by atomic mass is 10.0. The Balaban J connectivity index is 1.83. The van der Waals surface area contributed by atoms with E-state index in [0.717, 1.165) is 34.7 Å². The molecule has 0 radical (unpaired) electrons. The Kier molecular flexibility index (Phi) is 5.36. The Hall–Kier alpha value is -2.61. The average molecular weight is 375 g/mol. The summed E-state index contributed by atoms with van der Waals surface area (Å²) in [5.74, 6) is -0.123. The van der Waals surface area contributed by atoms with Crippen molar-refractivity contribution in [2.45, 2.75) is 38.8 Å². The summed E-state index contributed by atoms with van der Waals surface area (Å²) in [6.07, 6.45) is 1.80. The molecule has 0 unspecified atom stereocenters. The van der Waals surface area contributed by atoms with E-state index in [9.17, 15) is 14.4 Å². The minimum absolute atomic E-state index is 0.00495. The zero-order chi connectivity index (χ0) is 19.7. The van der Waals surface area contributed by atoms with Crippen molar-refractivity contribution in [3.63, 3.8) is 0 Å². The third-order valence-corrected chi connectivity index (χ3v) is 5.09. The fourth-order valence-corrected chi connectivity index (χ4v) is 3.73. The molecule has 0 aromatic heterocycles. The molecule has 146 valence electrons. The zero-order valence-corrected chi connectivity index (χ0v) is 16.1. The quantitative estimate of drug-likeness (QED) is 0.559. The summed E-state index contributed by atoms with van der Waals surface area (Å²) in [5, 5.41) is 0. The molecule has 8 nitrogen and oxygen atoms in total. The van der Waals surface area contributed by atoms with Crippen LogP contribution in [0.5, 0.6) is 11.5 Å². The molecule has 8 heteroatoms. The van der Waals surface area contributed by atoms with Gasteiger partial charge in [0, 0.05) is 30.3 Å². The number of nitrogens with zero attached hydrogens (tertiary/aromatic N) is 3. The maximum atomic E-state index is 12.5. The molecule has 0 N–H and O–H groups in total. The van der Waals surface area contributed by atoms with Gasteiger partial charge in [-0.25, -0.2) is 9.69 Å². The van der Waals surface area contributed by atoms with Gasteiger partial charge in [0.2, 0.25) is 0 Å². The molecule has 0 aliphatic carbocycles. The largest absolute Gasteiger partial charge is 0.497 e. The number of amides is 4. The lowest BCUT2D eigenvalue weighted by Gasteiger charge is -2.29. The van der Waals surface area contributed by atoms with Crippen molar-refractivity contribution in [2.24, 2.45) is 0 Å². The van der Waals surface area contributed by atoms with Gasteiger partial charge in [-0.1, -0.05) is 6.07 Å². The number of methoxy groups -OCH3 is 2. The van der Waals surface area contributed by atoms with Gasteiger partial charge in [0.05, 0.1) is 20.9 Å². The van der Waals surface area contributed by atoms with E-state index in [2.05, 4.69) is 0 Å². The second kappa shape index (κ2) is 7.56. The molecule has 4 amide bonds. The Bertz CT molecular complexity index is 764. The van der Waals surface area contributed by atoms with E-state index in [-0.39, 0.29) is 18.8 Å². The van der Waals surface area contributed by atoms with Gasteiger partial charge in [-0.3, -0.25) is 19.4 Å². The summed E-state index contributed by atoms with van der Waals surface area (Å²) < 4.78 is 10.8. The second-order valence-electron chi connectivity index (χ2n) is 7.00. The van der Waals surface area contributed by atoms with Crippen molar-refractivity contribution in [1.82, 2.24) is 14.7 Å². The van der Waals surface area contributed by atoms with Gasteiger partial charge in [0.15, 0.2) is 0 Å². The monoisotopic (exact) mass is 375 g/mol. The predicted molar refractivity (Wildman–Crippen MR) is 97.3 cm³/mol. The molecule has 1 aromatic rings. The minimum Gasteiger partial charge on any atom is -0.497 e. The maximum Gasteiger partial charge on any atom is 0.335 e. The van der Waals surface area contributed by atoms with Crippen molar-refractivity contribution in [2.75, 3.05) is 27.4 Å². The molecule has 0 spiro atoms. The van der Waals surface area contributed by atoms with Crippen molar-refractivity contribution in [1.29, 1.82) is 0 Å². The molecule has 2 saturated heterocycles. The lowest BCUT2D eigenvalue weighted by Crippen LogP contribution is -2.43. The van der Waals surface area contributed by atoms with Gasteiger partial charge in [0.1, 0.15) is 11.5 Å². The van der Waals surface area contributed by atoms with E-state index >= 15 is 0 Å². The van der Waals surface area contributed by atoms with Crippen LogP contribution in [0.2, 0.25) is 0 Å². The van der Waals surface area contributed by atoms with Gasteiger partial charge in [-0.2, -0.15) is 0 Å². The van der Waals surface area contributed by atoms with Crippen LogP contribution in [0.25, 0.3) is 0 Å². The Morgan fingerprint density at radius 3 is 2.44 bits per heavy atom. The number of hydrogen-bond acceptors (Lipinski definition) is 6. The molecule has 2 aliphatic rings. The molecule has 2 aliphatic heterocycles. The SMILES string of the molecule is COc1ccc([C@@H]2CCCN2CN2C(=O)C(=O)N(C(C)C)C2=O)c(OC)c1. The van der Waals surface area contributed by atoms with Crippen LogP contribution < -0.4 is 9.47 Å². The van der Waals surface area contributed by atoms with E-state index in [0.29, 0.717) is 11.5 Å². The van der Waals surface area contributed by atoms with E-state index in [4.69, 9.17) is 9.47 Å². The van der Waals surface area contributed by atoms with Crippen LogP contribution in [0.15, 0.2) is 18.2 Å². The van der Waals surface area contributed by atoms with E-state index in [1.807, 2.05) is 23.1 Å². The topological polar surface area (TPSA) is 79.4 Å². The van der Waals surface area contributed by atoms with Crippen LogP contribution in [0, 0.1) is 0 Å². The van der Waals surface area contributed by atoms with E-state index < -0.39 is 17.8 Å². The van der Waals surface area contributed by atoms with Crippen LogP contribution in [-0.4, -0.2) is 66.0 Å². The molecule has 2 fully saturated rings. The standard InChI is InChI=1S/C19H25N3O5/c1-12(2)22-18(24)17(23)21(19(22)25)11-20-9-5-6-15(20)14-8-7-13(26-3)10-16(14)27-4/h7-8,10,12,15H,5-6,9,11H2,1-4H3/t15-/m0/s1. The van der Waals surface area contributed by atoms with Gasteiger partial charge in [-0.15, -0.1) is 0 Å².